The first-order valence-electron chi connectivity index (χ1n) is 10.0. The van der Waals surface area contributed by atoms with Crippen LogP contribution in [0, 0.1) is 5.92 Å². The van der Waals surface area contributed by atoms with Crippen molar-refractivity contribution in [2.24, 2.45) is 5.92 Å². The van der Waals surface area contributed by atoms with Crippen molar-refractivity contribution in [1.82, 2.24) is 5.16 Å². The fourth-order valence-corrected chi connectivity index (χ4v) is 3.75. The molecule has 0 atom stereocenters. The second kappa shape index (κ2) is 8.79. The Bertz CT molecular complexity index is 1010. The Labute approximate surface area is 180 Å². The topological polar surface area (TPSA) is 67.6 Å². The number of carbonyl (C=O) groups is 1. The zero-order valence-corrected chi connectivity index (χ0v) is 17.8. The summed E-state index contributed by atoms with van der Waals surface area (Å²) in [5.41, 5.74) is 3.36. The van der Waals surface area contributed by atoms with E-state index < -0.39 is 5.97 Å². The molecule has 3 aromatic rings. The van der Waals surface area contributed by atoms with Crippen molar-refractivity contribution in [2.75, 3.05) is 30.4 Å². The molecule has 0 spiro atoms. The van der Waals surface area contributed by atoms with Crippen LogP contribution in [0.1, 0.15) is 30.1 Å². The Morgan fingerprint density at radius 2 is 1.80 bits per heavy atom. The first kappa shape index (κ1) is 20.3. The Morgan fingerprint density at radius 1 is 1.13 bits per heavy atom. The lowest BCUT2D eigenvalue weighted by molar-refractivity contribution is 0.0602. The van der Waals surface area contributed by atoms with E-state index in [0.717, 1.165) is 24.7 Å². The summed E-state index contributed by atoms with van der Waals surface area (Å²) in [5, 5.41) is 7.84. The average Bonchev–Trinajstić information content (AvgIpc) is 3.18. The SMILES string of the molecule is COC(=O)c1c(-c2ccc(Cl)cc2)noc1Nc1ccc(N2CCC(C)CC2)cc1. The first-order valence-corrected chi connectivity index (χ1v) is 10.4. The van der Waals surface area contributed by atoms with E-state index in [9.17, 15) is 4.79 Å². The number of ether oxygens (including phenoxy) is 1. The molecule has 1 N–H and O–H groups in total. The van der Waals surface area contributed by atoms with Gasteiger partial charge in [-0.05, 0) is 55.2 Å². The summed E-state index contributed by atoms with van der Waals surface area (Å²) < 4.78 is 10.4. The maximum atomic E-state index is 12.4. The monoisotopic (exact) mass is 425 g/mol. The number of rotatable bonds is 5. The Morgan fingerprint density at radius 3 is 2.43 bits per heavy atom. The standard InChI is InChI=1S/C23H24ClN3O3/c1-15-11-13-27(14-12-15)19-9-7-18(8-10-19)25-22-20(23(28)29-2)21(26-30-22)16-3-5-17(24)6-4-16/h3-10,15,25H,11-14H2,1-2H3. The van der Waals surface area contributed by atoms with Crippen molar-refractivity contribution in [2.45, 2.75) is 19.8 Å². The van der Waals surface area contributed by atoms with E-state index in [4.69, 9.17) is 20.9 Å². The van der Waals surface area contributed by atoms with Crippen molar-refractivity contribution in [1.29, 1.82) is 0 Å². The van der Waals surface area contributed by atoms with Gasteiger partial charge in [0.2, 0.25) is 5.88 Å². The van der Waals surface area contributed by atoms with Gasteiger partial charge in [0.25, 0.3) is 0 Å². The van der Waals surface area contributed by atoms with Gasteiger partial charge < -0.3 is 19.5 Å². The molecule has 6 nitrogen and oxygen atoms in total. The number of halogens is 1. The smallest absolute Gasteiger partial charge is 0.345 e. The second-order valence-corrected chi connectivity index (χ2v) is 8.01. The molecule has 0 amide bonds. The minimum Gasteiger partial charge on any atom is -0.465 e. The highest BCUT2D eigenvalue weighted by Crippen LogP contribution is 2.33. The third-order valence-electron chi connectivity index (χ3n) is 5.47. The molecule has 0 bridgehead atoms. The number of methoxy groups -OCH3 is 1. The predicted octanol–water partition coefficient (Wildman–Crippen LogP) is 5.76. The fraction of sp³-hybridized carbons (Fsp3) is 0.304. The maximum Gasteiger partial charge on any atom is 0.345 e. The molecule has 1 saturated heterocycles. The molecule has 1 aliphatic rings. The van der Waals surface area contributed by atoms with E-state index in [1.165, 1.54) is 25.6 Å². The van der Waals surface area contributed by atoms with E-state index in [0.29, 0.717) is 16.3 Å². The number of nitrogens with one attached hydrogen (secondary N) is 1. The lowest BCUT2D eigenvalue weighted by atomic mass is 9.99. The molecule has 30 heavy (non-hydrogen) atoms. The summed E-state index contributed by atoms with van der Waals surface area (Å²) in [6, 6.07) is 15.1. The molecule has 0 aliphatic carbocycles. The third kappa shape index (κ3) is 4.28. The van der Waals surface area contributed by atoms with Crippen LogP contribution in [0.5, 0.6) is 0 Å². The number of anilines is 3. The van der Waals surface area contributed by atoms with Crippen LogP contribution >= 0.6 is 11.6 Å². The number of benzene rings is 2. The molecule has 156 valence electrons. The Kier molecular flexibility index (Phi) is 5.95. The molecule has 1 aliphatic heterocycles. The van der Waals surface area contributed by atoms with Crippen LogP contribution in [0.3, 0.4) is 0 Å². The zero-order valence-electron chi connectivity index (χ0n) is 17.0. The van der Waals surface area contributed by atoms with Gasteiger partial charge in [0.1, 0.15) is 5.69 Å². The normalized spacial score (nSPS) is 14.6. The first-order chi connectivity index (χ1) is 14.5. The highest BCUT2D eigenvalue weighted by atomic mass is 35.5. The third-order valence-corrected chi connectivity index (χ3v) is 5.73. The lowest BCUT2D eigenvalue weighted by Gasteiger charge is -2.32. The number of nitrogens with zero attached hydrogens (tertiary/aromatic N) is 2. The van der Waals surface area contributed by atoms with Crippen molar-refractivity contribution >= 4 is 34.8 Å². The minimum atomic E-state index is -0.525. The number of piperidine rings is 1. The molecular formula is C23H24ClN3O3. The van der Waals surface area contributed by atoms with Gasteiger partial charge in [-0.25, -0.2) is 4.79 Å². The predicted molar refractivity (Wildman–Crippen MR) is 119 cm³/mol. The highest BCUT2D eigenvalue weighted by Gasteiger charge is 2.25. The van der Waals surface area contributed by atoms with E-state index in [-0.39, 0.29) is 11.4 Å². The average molecular weight is 426 g/mol. The van der Waals surface area contributed by atoms with Gasteiger partial charge in [-0.15, -0.1) is 0 Å². The molecule has 7 heteroatoms. The van der Waals surface area contributed by atoms with E-state index in [1.807, 2.05) is 12.1 Å². The summed E-state index contributed by atoms with van der Waals surface area (Å²) in [4.78, 5) is 14.8. The van der Waals surface area contributed by atoms with Crippen molar-refractivity contribution in [3.63, 3.8) is 0 Å². The summed E-state index contributed by atoms with van der Waals surface area (Å²) >= 11 is 5.97. The molecule has 0 saturated carbocycles. The van der Waals surface area contributed by atoms with Gasteiger partial charge in [0, 0.05) is 35.1 Å². The van der Waals surface area contributed by atoms with E-state index >= 15 is 0 Å². The van der Waals surface area contributed by atoms with Gasteiger partial charge in [-0.1, -0.05) is 35.8 Å². The number of aromatic nitrogens is 1. The summed E-state index contributed by atoms with van der Waals surface area (Å²) in [5.74, 6) is 0.509. The Balaban J connectivity index is 1.57. The van der Waals surface area contributed by atoms with Crippen LogP contribution in [0.15, 0.2) is 53.1 Å². The quantitative estimate of drug-likeness (QED) is 0.524. The Hall–Kier alpha value is -2.99. The number of hydrogen-bond acceptors (Lipinski definition) is 6. The van der Waals surface area contributed by atoms with Gasteiger partial charge in [-0.2, -0.15) is 0 Å². The van der Waals surface area contributed by atoms with E-state index in [1.54, 1.807) is 24.3 Å². The summed E-state index contributed by atoms with van der Waals surface area (Å²) in [6.07, 6.45) is 2.43. The maximum absolute atomic E-state index is 12.4. The van der Waals surface area contributed by atoms with Gasteiger partial charge in [-0.3, -0.25) is 0 Å². The molecule has 1 fully saturated rings. The summed E-state index contributed by atoms with van der Waals surface area (Å²) in [7, 11) is 1.33. The van der Waals surface area contributed by atoms with Gasteiger partial charge in [0.15, 0.2) is 5.56 Å². The van der Waals surface area contributed by atoms with Gasteiger partial charge >= 0.3 is 5.97 Å². The molecule has 2 heterocycles. The van der Waals surface area contributed by atoms with Gasteiger partial charge in [0.05, 0.1) is 7.11 Å². The van der Waals surface area contributed by atoms with Crippen LogP contribution in [-0.4, -0.2) is 31.3 Å². The van der Waals surface area contributed by atoms with Crippen molar-refractivity contribution in [3.8, 4) is 11.3 Å². The second-order valence-electron chi connectivity index (χ2n) is 7.58. The molecule has 4 rings (SSSR count). The zero-order chi connectivity index (χ0) is 21.1. The summed E-state index contributed by atoms with van der Waals surface area (Å²) in [6.45, 7) is 4.46. The number of esters is 1. The molecule has 1 aromatic heterocycles. The number of carbonyl (C=O) groups excluding carboxylic acids is 1. The fourth-order valence-electron chi connectivity index (χ4n) is 3.63. The molecule has 0 unspecified atom stereocenters. The lowest BCUT2D eigenvalue weighted by Crippen LogP contribution is -2.32. The largest absolute Gasteiger partial charge is 0.465 e. The van der Waals surface area contributed by atoms with Crippen LogP contribution in [0.25, 0.3) is 11.3 Å². The minimum absolute atomic E-state index is 0.242. The highest BCUT2D eigenvalue weighted by molar-refractivity contribution is 6.30. The van der Waals surface area contributed by atoms with Crippen LogP contribution in [0.4, 0.5) is 17.3 Å². The molecule has 0 radical (unpaired) electrons. The van der Waals surface area contributed by atoms with E-state index in [2.05, 4.69) is 34.4 Å². The number of hydrogen-bond donors (Lipinski definition) is 1. The van der Waals surface area contributed by atoms with Crippen LogP contribution < -0.4 is 10.2 Å². The van der Waals surface area contributed by atoms with Crippen molar-refractivity contribution in [3.05, 3.63) is 59.1 Å². The molecular weight excluding hydrogens is 402 g/mol. The van der Waals surface area contributed by atoms with Crippen LogP contribution in [-0.2, 0) is 4.74 Å². The van der Waals surface area contributed by atoms with Crippen LogP contribution in [0.2, 0.25) is 5.02 Å². The van der Waals surface area contributed by atoms with Crippen molar-refractivity contribution < 1.29 is 14.1 Å². The molecule has 2 aromatic carbocycles.